The Balaban J connectivity index is 2.00. The first-order valence-corrected chi connectivity index (χ1v) is 6.86. The molecule has 2 heterocycles. The second-order valence-electron chi connectivity index (χ2n) is 3.89. The summed E-state index contributed by atoms with van der Waals surface area (Å²) < 4.78 is 0. The van der Waals surface area contributed by atoms with Crippen molar-refractivity contribution in [2.24, 2.45) is 0 Å². The number of carboxylic acids is 1. The highest BCUT2D eigenvalue weighted by atomic mass is 35.5. The molecule has 0 saturated carbocycles. The molecule has 2 rings (SSSR count). The third kappa shape index (κ3) is 3.42. The molecule has 0 spiro atoms. The van der Waals surface area contributed by atoms with Crippen LogP contribution in [-0.2, 0) is 6.42 Å². The van der Waals surface area contributed by atoms with Crippen LogP contribution in [0.1, 0.15) is 21.1 Å². The minimum absolute atomic E-state index is 0.0456. The number of carboxylic acid groups (broad SMARTS) is 1. The van der Waals surface area contributed by atoms with Gasteiger partial charge >= 0.3 is 5.97 Å². The van der Waals surface area contributed by atoms with Gasteiger partial charge in [0, 0.05) is 30.2 Å². The Hall–Kier alpha value is -1.66. The molecular formula is C12H12ClN3O2S. The van der Waals surface area contributed by atoms with Gasteiger partial charge < -0.3 is 10.4 Å². The van der Waals surface area contributed by atoms with Gasteiger partial charge in [0.05, 0.1) is 15.6 Å². The lowest BCUT2D eigenvalue weighted by atomic mass is 10.2. The van der Waals surface area contributed by atoms with Crippen molar-refractivity contribution in [2.45, 2.75) is 13.3 Å². The van der Waals surface area contributed by atoms with Gasteiger partial charge in [0.2, 0.25) is 0 Å². The quantitative estimate of drug-likeness (QED) is 0.887. The molecule has 0 saturated heterocycles. The highest BCUT2D eigenvalue weighted by Crippen LogP contribution is 2.23. The van der Waals surface area contributed by atoms with Crippen LogP contribution in [0.5, 0.6) is 0 Å². The zero-order valence-corrected chi connectivity index (χ0v) is 11.8. The summed E-state index contributed by atoms with van der Waals surface area (Å²) in [6.07, 6.45) is 2.17. The van der Waals surface area contributed by atoms with E-state index in [0.717, 1.165) is 17.1 Å². The summed E-state index contributed by atoms with van der Waals surface area (Å²) in [4.78, 5) is 19.3. The number of anilines is 1. The molecule has 0 radical (unpaired) electrons. The number of nitrogens with one attached hydrogen (secondary N) is 1. The molecule has 100 valence electrons. The number of aromatic nitrogens is 2. The fourth-order valence-electron chi connectivity index (χ4n) is 1.54. The lowest BCUT2D eigenvalue weighted by Gasteiger charge is -2.07. The van der Waals surface area contributed by atoms with E-state index in [-0.39, 0.29) is 10.6 Å². The fourth-order valence-corrected chi connectivity index (χ4v) is 2.57. The molecule has 7 heteroatoms. The van der Waals surface area contributed by atoms with Crippen LogP contribution in [0.15, 0.2) is 17.6 Å². The van der Waals surface area contributed by atoms with Crippen LogP contribution in [0.4, 0.5) is 5.82 Å². The molecule has 0 bridgehead atoms. The minimum Gasteiger partial charge on any atom is -0.478 e. The van der Waals surface area contributed by atoms with E-state index in [4.69, 9.17) is 16.7 Å². The van der Waals surface area contributed by atoms with Crippen molar-refractivity contribution >= 4 is 34.7 Å². The van der Waals surface area contributed by atoms with E-state index in [1.165, 1.54) is 12.3 Å². The molecule has 5 nitrogen and oxygen atoms in total. The highest BCUT2D eigenvalue weighted by molar-refractivity contribution is 7.09. The van der Waals surface area contributed by atoms with Gasteiger partial charge in [-0.3, -0.25) is 0 Å². The molecule has 0 amide bonds. The Labute approximate surface area is 119 Å². The molecule has 0 aliphatic rings. The van der Waals surface area contributed by atoms with E-state index >= 15 is 0 Å². The molecular weight excluding hydrogens is 286 g/mol. The van der Waals surface area contributed by atoms with Crippen molar-refractivity contribution in [1.82, 2.24) is 9.97 Å². The van der Waals surface area contributed by atoms with Crippen LogP contribution in [0.25, 0.3) is 0 Å². The van der Waals surface area contributed by atoms with Gasteiger partial charge in [-0.25, -0.2) is 14.8 Å². The zero-order chi connectivity index (χ0) is 13.8. The predicted octanol–water partition coefficient (Wildman–Crippen LogP) is 2.85. The van der Waals surface area contributed by atoms with Gasteiger partial charge in [0.1, 0.15) is 5.82 Å². The van der Waals surface area contributed by atoms with Crippen molar-refractivity contribution < 1.29 is 9.90 Å². The van der Waals surface area contributed by atoms with Crippen LogP contribution >= 0.6 is 22.9 Å². The Bertz CT molecular complexity index is 600. The standard InChI is InChI=1S/C12H12ClN3O2S/c1-7-6-19-9(16-7)3-5-15-11-10(13)8(12(17)18)2-4-14-11/h2,4,6H,3,5H2,1H3,(H,14,15)(H,17,18). The summed E-state index contributed by atoms with van der Waals surface area (Å²) in [6, 6.07) is 1.38. The number of hydrogen-bond donors (Lipinski definition) is 2. The van der Waals surface area contributed by atoms with Crippen molar-refractivity contribution in [3.05, 3.63) is 38.9 Å². The number of nitrogens with zero attached hydrogens (tertiary/aromatic N) is 2. The maximum absolute atomic E-state index is 10.9. The van der Waals surface area contributed by atoms with E-state index in [9.17, 15) is 4.79 Å². The number of thiazole rings is 1. The van der Waals surface area contributed by atoms with Gasteiger partial charge in [-0.2, -0.15) is 0 Å². The number of aromatic carboxylic acids is 1. The van der Waals surface area contributed by atoms with Crippen LogP contribution in [0.2, 0.25) is 5.02 Å². The van der Waals surface area contributed by atoms with Crippen LogP contribution in [0, 0.1) is 6.92 Å². The smallest absolute Gasteiger partial charge is 0.337 e. The number of rotatable bonds is 5. The van der Waals surface area contributed by atoms with Gasteiger partial charge in [0.15, 0.2) is 0 Å². The van der Waals surface area contributed by atoms with Crippen LogP contribution in [0.3, 0.4) is 0 Å². The number of pyridine rings is 1. The Morgan fingerprint density at radius 2 is 2.37 bits per heavy atom. The third-order valence-electron chi connectivity index (χ3n) is 2.42. The fraction of sp³-hybridized carbons (Fsp3) is 0.250. The Morgan fingerprint density at radius 3 is 3.00 bits per heavy atom. The number of aryl methyl sites for hydroxylation is 1. The summed E-state index contributed by atoms with van der Waals surface area (Å²) >= 11 is 7.57. The Morgan fingerprint density at radius 1 is 1.58 bits per heavy atom. The Kier molecular flexibility index (Phi) is 4.34. The van der Waals surface area contributed by atoms with Crippen molar-refractivity contribution in [3.8, 4) is 0 Å². The molecule has 2 aromatic rings. The molecule has 0 aliphatic carbocycles. The largest absolute Gasteiger partial charge is 0.478 e. The van der Waals surface area contributed by atoms with Crippen molar-refractivity contribution in [1.29, 1.82) is 0 Å². The molecule has 2 aromatic heterocycles. The lowest BCUT2D eigenvalue weighted by molar-refractivity contribution is 0.0697. The predicted molar refractivity (Wildman–Crippen MR) is 75.3 cm³/mol. The molecule has 0 aromatic carbocycles. The van der Waals surface area contributed by atoms with Gasteiger partial charge in [-0.15, -0.1) is 11.3 Å². The molecule has 0 fully saturated rings. The van der Waals surface area contributed by atoms with Gasteiger partial charge in [-0.1, -0.05) is 11.6 Å². The van der Waals surface area contributed by atoms with Crippen molar-refractivity contribution in [3.63, 3.8) is 0 Å². The van der Waals surface area contributed by atoms with E-state index in [1.807, 2.05) is 12.3 Å². The summed E-state index contributed by atoms with van der Waals surface area (Å²) in [6.45, 7) is 2.55. The minimum atomic E-state index is -1.06. The summed E-state index contributed by atoms with van der Waals surface area (Å²) in [5.74, 6) is -0.680. The first-order chi connectivity index (χ1) is 9.08. The number of halogens is 1. The van der Waals surface area contributed by atoms with E-state index < -0.39 is 5.97 Å². The average molecular weight is 298 g/mol. The van der Waals surface area contributed by atoms with Gasteiger partial charge in [0.25, 0.3) is 0 Å². The van der Waals surface area contributed by atoms with Gasteiger partial charge in [-0.05, 0) is 13.0 Å². The SMILES string of the molecule is Cc1csc(CCNc2nccc(C(=O)O)c2Cl)n1. The topological polar surface area (TPSA) is 75.1 Å². The summed E-state index contributed by atoms with van der Waals surface area (Å²) in [7, 11) is 0. The third-order valence-corrected chi connectivity index (χ3v) is 3.83. The molecule has 19 heavy (non-hydrogen) atoms. The van der Waals surface area contributed by atoms with Crippen LogP contribution < -0.4 is 5.32 Å². The molecule has 0 unspecified atom stereocenters. The molecule has 0 atom stereocenters. The number of carbonyl (C=O) groups is 1. The molecule has 2 N–H and O–H groups in total. The van der Waals surface area contributed by atoms with E-state index in [2.05, 4.69) is 15.3 Å². The van der Waals surface area contributed by atoms with E-state index in [0.29, 0.717) is 12.4 Å². The second-order valence-corrected chi connectivity index (χ2v) is 5.21. The molecule has 0 aliphatic heterocycles. The second kappa shape index (κ2) is 5.99. The maximum Gasteiger partial charge on any atom is 0.337 e. The average Bonchev–Trinajstić information content (AvgIpc) is 2.77. The van der Waals surface area contributed by atoms with Crippen LogP contribution in [-0.4, -0.2) is 27.6 Å². The maximum atomic E-state index is 10.9. The monoisotopic (exact) mass is 297 g/mol. The van der Waals surface area contributed by atoms with E-state index in [1.54, 1.807) is 11.3 Å². The summed E-state index contributed by atoms with van der Waals surface area (Å²) in [5.41, 5.74) is 1.05. The normalized spacial score (nSPS) is 10.4. The lowest BCUT2D eigenvalue weighted by Crippen LogP contribution is -2.08. The first kappa shape index (κ1) is 13.8. The zero-order valence-electron chi connectivity index (χ0n) is 10.2. The summed E-state index contributed by atoms with van der Waals surface area (Å²) in [5, 5.41) is 15.1. The highest BCUT2D eigenvalue weighted by Gasteiger charge is 2.12. The van der Waals surface area contributed by atoms with Crippen molar-refractivity contribution in [2.75, 3.05) is 11.9 Å². The first-order valence-electron chi connectivity index (χ1n) is 5.60. The number of hydrogen-bond acceptors (Lipinski definition) is 5.